The summed E-state index contributed by atoms with van der Waals surface area (Å²) >= 11 is 0. The Bertz CT molecular complexity index is 1870. The van der Waals surface area contributed by atoms with Crippen LogP contribution in [0.4, 0.5) is 0 Å². The lowest BCUT2D eigenvalue weighted by molar-refractivity contribution is -0.882. The first kappa shape index (κ1) is 37.2. The zero-order valence-electron chi connectivity index (χ0n) is 30.0. The fraction of sp³-hybridized carbons (Fsp3) is 0.395. The molecule has 0 aliphatic carbocycles. The molecule has 2 bridgehead atoms. The highest BCUT2D eigenvalue weighted by atomic mass is 16.5. The predicted octanol–water partition coefficient (Wildman–Crippen LogP) is 4.52. The summed E-state index contributed by atoms with van der Waals surface area (Å²) < 4.78 is 6.47. The van der Waals surface area contributed by atoms with Gasteiger partial charge in [0.05, 0.1) is 17.8 Å². The smallest absolute Gasteiger partial charge is 0.247 e. The number of aliphatic hydroxyl groups excluding tert-OH is 2. The van der Waals surface area contributed by atoms with Crippen LogP contribution in [0, 0.1) is 11.8 Å². The van der Waals surface area contributed by atoms with Crippen molar-refractivity contribution in [1.29, 1.82) is 0 Å². The normalized spacial score (nSPS) is 20.2. The second-order valence-corrected chi connectivity index (χ2v) is 14.1. The molecule has 0 saturated heterocycles. The molecule has 9 heteroatoms. The number of aliphatic hydroxyl groups is 2. The van der Waals surface area contributed by atoms with Crippen molar-refractivity contribution in [2.45, 2.75) is 95.7 Å². The topological polar surface area (TPSA) is 142 Å². The molecule has 1 unspecified atom stereocenters. The van der Waals surface area contributed by atoms with E-state index in [0.717, 1.165) is 76.2 Å². The molecule has 3 aromatic carbocycles. The van der Waals surface area contributed by atoms with Crippen LogP contribution in [0.1, 0.15) is 92.0 Å². The molecule has 9 nitrogen and oxygen atoms in total. The molecule has 3 aromatic rings. The van der Waals surface area contributed by atoms with Crippen molar-refractivity contribution in [1.82, 2.24) is 5.32 Å². The maximum absolute atomic E-state index is 12.6. The van der Waals surface area contributed by atoms with E-state index in [0.29, 0.717) is 44.4 Å². The molecule has 5 atom stereocenters. The molecule has 7 N–H and O–H groups in total. The number of hydrogen-bond donors (Lipinski definition) is 6. The van der Waals surface area contributed by atoms with Crippen molar-refractivity contribution in [3.8, 4) is 23.3 Å². The van der Waals surface area contributed by atoms with Gasteiger partial charge in [0.15, 0.2) is 11.5 Å². The number of nitrogens with two attached hydrogens (primary N) is 1. The van der Waals surface area contributed by atoms with Gasteiger partial charge in [-0.1, -0.05) is 92.6 Å². The highest BCUT2D eigenvalue weighted by Gasteiger charge is 2.36. The number of aliphatic imine (C=N–C) groups is 1. The Morgan fingerprint density at radius 1 is 1.10 bits per heavy atom. The fourth-order valence-electron chi connectivity index (χ4n) is 7.07. The van der Waals surface area contributed by atoms with Gasteiger partial charge in [0.1, 0.15) is 36.8 Å². The Kier molecular flexibility index (Phi) is 12.7. The minimum absolute atomic E-state index is 0.00222. The third-order valence-electron chi connectivity index (χ3n) is 10.1. The van der Waals surface area contributed by atoms with Crippen LogP contribution >= 0.6 is 0 Å². The van der Waals surface area contributed by atoms with Crippen LogP contribution < -0.4 is 20.7 Å². The van der Waals surface area contributed by atoms with Gasteiger partial charge in [0, 0.05) is 32.0 Å². The van der Waals surface area contributed by atoms with Crippen LogP contribution in [-0.4, -0.2) is 52.2 Å². The molecule has 52 heavy (non-hydrogen) atoms. The monoisotopic (exact) mass is 703 g/mol. The number of quaternary nitrogens is 1. The van der Waals surface area contributed by atoms with Gasteiger partial charge in [-0.25, -0.2) is 0 Å². The van der Waals surface area contributed by atoms with Crippen molar-refractivity contribution >= 4 is 11.5 Å². The zero-order valence-corrected chi connectivity index (χ0v) is 30.0. The summed E-state index contributed by atoms with van der Waals surface area (Å²) in [4.78, 5) is 18.3. The molecule has 0 saturated carbocycles. The summed E-state index contributed by atoms with van der Waals surface area (Å²) in [7, 11) is 0. The summed E-state index contributed by atoms with van der Waals surface area (Å²) in [5.41, 5.74) is 14.4. The van der Waals surface area contributed by atoms with Gasteiger partial charge in [-0.15, -0.1) is 0 Å². The van der Waals surface area contributed by atoms with Gasteiger partial charge in [-0.2, -0.15) is 0 Å². The molecular weight excluding hydrogens is 652 g/mol. The molecule has 0 aromatic heterocycles. The maximum Gasteiger partial charge on any atom is 0.247 e. The van der Waals surface area contributed by atoms with Gasteiger partial charge in [-0.05, 0) is 64.8 Å². The first-order chi connectivity index (χ1) is 25.3. The average molecular weight is 704 g/mol. The molecule has 3 aliphatic rings. The number of nitrogens with one attached hydrogen (secondary N) is 2. The first-order valence-electron chi connectivity index (χ1n) is 18.6. The number of aryl methyl sites for hydroxylation is 1. The highest BCUT2D eigenvalue weighted by Crippen LogP contribution is 2.31. The zero-order chi connectivity index (χ0) is 36.5. The number of phenolic OH excluding ortho intramolecular Hbond substituents is 1. The summed E-state index contributed by atoms with van der Waals surface area (Å²) in [5, 5.41) is 35.8. The number of allylic oxidation sites excluding steroid dienone is 1. The first-order valence-corrected chi connectivity index (χ1v) is 18.6. The van der Waals surface area contributed by atoms with E-state index in [1.54, 1.807) is 18.2 Å². The number of carbonyl (C=O) groups excluding carboxylic acids is 1. The Balaban J connectivity index is 1.15. The number of hydrogen-bond acceptors (Lipinski definition) is 8. The Labute approximate surface area is 306 Å². The number of rotatable bonds is 16. The van der Waals surface area contributed by atoms with Gasteiger partial charge in [0.25, 0.3) is 0 Å². The van der Waals surface area contributed by atoms with E-state index in [-0.39, 0.29) is 24.1 Å². The lowest BCUT2D eigenvalue weighted by Gasteiger charge is -2.23. The quantitative estimate of drug-likeness (QED) is 0.0732. The van der Waals surface area contributed by atoms with Crippen LogP contribution in [0.15, 0.2) is 95.3 Å². The standard InChI is InChI=1S/C43H50N4O5/c1-2-3-5-11-34(48)25-35(49)17-14-30-15-19-40(51)41(22-30)52-42-13-8-12-39(50)36-18-16-31(43(44)45-21-20-29-9-6-4-7-10-29)23-32(36)24-33-26-46-38-28-47(42)27-37(33)38/h4,6-7,9-10,15-16,18-19,22-23,26-27,34,39,42-43,45,48,50-51H,2-3,5,11,13-14,17,20-21,24-25,28,44H2,1H3/p+1/t34-,39+,42-,43-/m1/s1. The van der Waals surface area contributed by atoms with Gasteiger partial charge >= 0.3 is 0 Å². The Hall–Kier alpha value is -4.56. The Morgan fingerprint density at radius 2 is 1.94 bits per heavy atom. The van der Waals surface area contributed by atoms with Crippen LogP contribution in [-0.2, 0) is 24.1 Å². The number of nitrogens with zero attached hydrogens (tertiary/aromatic N) is 1. The number of Topliss-reactive ketones (excluding diaryl/α,β-unsaturated/α-hetero) is 1. The number of benzene rings is 3. The molecule has 0 amide bonds. The summed E-state index contributed by atoms with van der Waals surface area (Å²) in [6, 6.07) is 21.4. The molecule has 0 radical (unpaired) electrons. The number of aromatic hydroxyl groups is 1. The molecule has 0 fully saturated rings. The van der Waals surface area contributed by atoms with E-state index in [2.05, 4.69) is 48.5 Å². The molecule has 0 spiro atoms. The third-order valence-corrected chi connectivity index (χ3v) is 10.1. The van der Waals surface area contributed by atoms with E-state index in [9.17, 15) is 20.1 Å². The molecule has 6 rings (SSSR count). The number of fused-ring (bicyclic) bond motifs is 2. The van der Waals surface area contributed by atoms with Gasteiger partial charge < -0.3 is 25.8 Å². The van der Waals surface area contributed by atoms with Crippen molar-refractivity contribution in [3.63, 3.8) is 0 Å². The minimum Gasteiger partial charge on any atom is -0.504 e. The second-order valence-electron chi connectivity index (χ2n) is 14.1. The minimum atomic E-state index is -1.01. The summed E-state index contributed by atoms with van der Waals surface area (Å²) in [6.07, 6.45) is 7.96. The maximum atomic E-state index is 12.6. The van der Waals surface area contributed by atoms with Crippen molar-refractivity contribution in [3.05, 3.63) is 118 Å². The number of carbonyl (C=O) groups is 1. The van der Waals surface area contributed by atoms with Crippen molar-refractivity contribution in [2.24, 2.45) is 10.7 Å². The molecular formula is C43H51N4O5+. The average Bonchev–Trinajstić information content (AvgIpc) is 3.73. The van der Waals surface area contributed by atoms with E-state index in [1.807, 2.05) is 36.5 Å². The van der Waals surface area contributed by atoms with E-state index < -0.39 is 18.4 Å². The summed E-state index contributed by atoms with van der Waals surface area (Å²) in [5.74, 6) is 6.55. The largest absolute Gasteiger partial charge is 0.504 e. The van der Waals surface area contributed by atoms with Crippen LogP contribution in [0.3, 0.4) is 0 Å². The van der Waals surface area contributed by atoms with Crippen LogP contribution in [0.5, 0.6) is 11.5 Å². The van der Waals surface area contributed by atoms with Crippen LogP contribution in [0.25, 0.3) is 0 Å². The molecule has 3 aliphatic heterocycles. The lowest BCUT2D eigenvalue weighted by Crippen LogP contribution is -3.12. The highest BCUT2D eigenvalue weighted by molar-refractivity contribution is 6.08. The fourth-order valence-corrected chi connectivity index (χ4v) is 7.07. The lowest BCUT2D eigenvalue weighted by atomic mass is 9.91. The van der Waals surface area contributed by atoms with Gasteiger partial charge in [-0.3, -0.25) is 20.0 Å². The number of ketones is 1. The summed E-state index contributed by atoms with van der Waals surface area (Å²) in [6.45, 7) is 3.45. The third kappa shape index (κ3) is 9.65. The molecule has 3 heterocycles. The van der Waals surface area contributed by atoms with E-state index in [4.69, 9.17) is 15.5 Å². The van der Waals surface area contributed by atoms with Crippen LogP contribution in [0.2, 0.25) is 0 Å². The van der Waals surface area contributed by atoms with E-state index >= 15 is 0 Å². The number of phenols is 1. The number of ether oxygens (including phenoxy) is 1. The molecule has 272 valence electrons. The van der Waals surface area contributed by atoms with Crippen molar-refractivity contribution in [2.75, 3.05) is 13.1 Å². The van der Waals surface area contributed by atoms with Crippen molar-refractivity contribution < 1.29 is 29.8 Å². The van der Waals surface area contributed by atoms with Gasteiger partial charge in [0.2, 0.25) is 6.23 Å². The predicted molar refractivity (Wildman–Crippen MR) is 203 cm³/mol. The SMILES string of the molecule is CCCCC[C@@H](O)CC(=O)CCc1ccc(O)c(O[C@@H]2CC#C[C@H](O)c3ccc([C@H](N)NCCc4ccccc4)cc3CC3=CN=C4C[NH+]2C=C34)c1. The second kappa shape index (κ2) is 17.8. The Morgan fingerprint density at radius 3 is 2.77 bits per heavy atom. The van der Waals surface area contributed by atoms with E-state index in [1.165, 1.54) is 5.56 Å². The number of unbranched alkanes of at least 4 members (excludes halogenated alkanes) is 2.